The van der Waals surface area contributed by atoms with Crippen molar-refractivity contribution >= 4 is 23.4 Å². The van der Waals surface area contributed by atoms with Crippen molar-refractivity contribution in [3.63, 3.8) is 0 Å². The molecule has 4 rings (SSSR count). The maximum absolute atomic E-state index is 6.45. The van der Waals surface area contributed by atoms with Gasteiger partial charge in [0.15, 0.2) is 0 Å². The zero-order chi connectivity index (χ0) is 19.3. The minimum atomic E-state index is 0.267. The Morgan fingerprint density at radius 2 is 1.64 bits per heavy atom. The van der Waals surface area contributed by atoms with E-state index in [2.05, 4.69) is 66.7 Å². The predicted octanol–water partition coefficient (Wildman–Crippen LogP) is 6.36. The molecule has 0 aliphatic carbocycles. The summed E-state index contributed by atoms with van der Waals surface area (Å²) in [6, 6.07) is 27.8. The molecule has 3 aromatic carbocycles. The molecular weight excluding hydrogens is 384 g/mol. The van der Waals surface area contributed by atoms with Crippen LogP contribution in [0.5, 0.6) is 0 Å². The van der Waals surface area contributed by atoms with E-state index >= 15 is 0 Å². The molecule has 2 atom stereocenters. The van der Waals surface area contributed by atoms with E-state index in [9.17, 15) is 0 Å². The number of piperidine rings is 1. The molecule has 144 valence electrons. The van der Waals surface area contributed by atoms with Crippen LogP contribution in [-0.2, 0) is 6.42 Å². The van der Waals surface area contributed by atoms with Gasteiger partial charge in [-0.1, -0.05) is 71.9 Å². The van der Waals surface area contributed by atoms with Crippen molar-refractivity contribution in [2.45, 2.75) is 35.1 Å². The Kier molecular flexibility index (Phi) is 6.38. The number of nitrogens with zero attached hydrogens (tertiary/aromatic N) is 1. The Bertz CT molecular complexity index is 898. The predicted molar refractivity (Wildman–Crippen MR) is 119 cm³/mol. The first-order valence-corrected chi connectivity index (χ1v) is 11.0. The van der Waals surface area contributed by atoms with Gasteiger partial charge in [0.2, 0.25) is 0 Å². The third-order valence-corrected chi connectivity index (χ3v) is 6.81. The van der Waals surface area contributed by atoms with Crippen LogP contribution in [0.25, 0.3) is 0 Å². The molecule has 28 heavy (non-hydrogen) atoms. The van der Waals surface area contributed by atoms with Crippen molar-refractivity contribution in [3.05, 3.63) is 95.0 Å². The van der Waals surface area contributed by atoms with Gasteiger partial charge in [-0.25, -0.2) is 5.01 Å². The summed E-state index contributed by atoms with van der Waals surface area (Å²) in [6.07, 6.45) is 3.38. The van der Waals surface area contributed by atoms with Gasteiger partial charge >= 0.3 is 0 Å². The fourth-order valence-electron chi connectivity index (χ4n) is 4.12. The monoisotopic (exact) mass is 408 g/mol. The standard InChI is InChI=1S/C24H25ClN2S/c25-21-12-14-22(15-13-21)28-23-11-5-4-9-19(23)17-20-10-6-16-27(26)24(20)18-7-2-1-3-8-18/h1-5,7-9,11-15,20,24H,6,10,16-17,26H2/t20-,24+/m1/s1. The van der Waals surface area contributed by atoms with E-state index in [0.717, 1.165) is 24.4 Å². The van der Waals surface area contributed by atoms with Gasteiger partial charge < -0.3 is 0 Å². The third kappa shape index (κ3) is 4.61. The second-order valence-electron chi connectivity index (χ2n) is 7.36. The van der Waals surface area contributed by atoms with E-state index in [1.165, 1.54) is 27.3 Å². The van der Waals surface area contributed by atoms with E-state index in [1.54, 1.807) is 11.8 Å². The van der Waals surface area contributed by atoms with Crippen molar-refractivity contribution in [3.8, 4) is 0 Å². The number of nitrogens with two attached hydrogens (primary N) is 1. The lowest BCUT2D eigenvalue weighted by atomic mass is 9.81. The lowest BCUT2D eigenvalue weighted by Crippen LogP contribution is -2.44. The third-order valence-electron chi connectivity index (χ3n) is 5.43. The van der Waals surface area contributed by atoms with E-state index in [1.807, 2.05) is 17.1 Å². The van der Waals surface area contributed by atoms with E-state index < -0.39 is 0 Å². The van der Waals surface area contributed by atoms with Crippen molar-refractivity contribution < 1.29 is 0 Å². The number of hydrogen-bond acceptors (Lipinski definition) is 3. The Morgan fingerprint density at radius 3 is 2.43 bits per heavy atom. The summed E-state index contributed by atoms with van der Waals surface area (Å²) < 4.78 is 0. The molecule has 1 aliphatic heterocycles. The van der Waals surface area contributed by atoms with Gasteiger partial charge in [-0.15, -0.1) is 0 Å². The molecule has 0 unspecified atom stereocenters. The van der Waals surface area contributed by atoms with Crippen LogP contribution in [0, 0.1) is 5.92 Å². The molecular formula is C24H25ClN2S. The highest BCUT2D eigenvalue weighted by atomic mass is 35.5. The Hall–Kier alpha value is -1.78. The van der Waals surface area contributed by atoms with Crippen molar-refractivity contribution in [2.24, 2.45) is 11.8 Å². The molecule has 4 heteroatoms. The summed E-state index contributed by atoms with van der Waals surface area (Å²) in [7, 11) is 0. The molecule has 1 heterocycles. The summed E-state index contributed by atoms with van der Waals surface area (Å²) in [4.78, 5) is 2.52. The molecule has 1 saturated heterocycles. The number of hydrazine groups is 1. The van der Waals surface area contributed by atoms with E-state index in [4.69, 9.17) is 17.4 Å². The highest BCUT2D eigenvalue weighted by Gasteiger charge is 2.31. The van der Waals surface area contributed by atoms with Crippen LogP contribution in [-0.4, -0.2) is 11.6 Å². The quantitative estimate of drug-likeness (QED) is 0.498. The highest BCUT2D eigenvalue weighted by Crippen LogP contribution is 2.39. The summed E-state index contributed by atoms with van der Waals surface area (Å²) in [5.41, 5.74) is 2.71. The molecule has 0 bridgehead atoms. The smallest absolute Gasteiger partial charge is 0.0521 e. The van der Waals surface area contributed by atoms with E-state index in [-0.39, 0.29) is 6.04 Å². The van der Waals surface area contributed by atoms with Gasteiger partial charge in [-0.3, -0.25) is 5.84 Å². The molecule has 2 nitrogen and oxygen atoms in total. The van der Waals surface area contributed by atoms with Gasteiger partial charge in [0.1, 0.15) is 0 Å². The fraction of sp³-hybridized carbons (Fsp3) is 0.250. The number of hydrogen-bond donors (Lipinski definition) is 1. The second-order valence-corrected chi connectivity index (χ2v) is 8.92. The molecule has 3 aromatic rings. The summed E-state index contributed by atoms with van der Waals surface area (Å²) in [5, 5.41) is 2.81. The fourth-order valence-corrected chi connectivity index (χ4v) is 5.20. The number of rotatable bonds is 5. The lowest BCUT2D eigenvalue weighted by Gasteiger charge is -2.39. The van der Waals surface area contributed by atoms with Crippen LogP contribution in [0.15, 0.2) is 88.7 Å². The first-order valence-electron chi connectivity index (χ1n) is 9.78. The van der Waals surface area contributed by atoms with Crippen molar-refractivity contribution in [2.75, 3.05) is 6.54 Å². The van der Waals surface area contributed by atoms with Crippen LogP contribution < -0.4 is 5.84 Å². The van der Waals surface area contributed by atoms with Crippen LogP contribution in [0.4, 0.5) is 0 Å². The van der Waals surface area contributed by atoms with Gasteiger partial charge in [0.25, 0.3) is 0 Å². The zero-order valence-corrected chi connectivity index (χ0v) is 17.4. The van der Waals surface area contributed by atoms with Crippen molar-refractivity contribution in [1.82, 2.24) is 5.01 Å². The SMILES string of the molecule is NN1CCC[C@H](Cc2ccccc2Sc2ccc(Cl)cc2)[C@@H]1c1ccccc1. The zero-order valence-electron chi connectivity index (χ0n) is 15.8. The molecule has 0 saturated carbocycles. The normalized spacial score (nSPS) is 20.2. The second kappa shape index (κ2) is 9.15. The van der Waals surface area contributed by atoms with Crippen LogP contribution in [0.1, 0.15) is 30.0 Å². The Labute approximate surface area is 176 Å². The van der Waals surface area contributed by atoms with Crippen LogP contribution >= 0.6 is 23.4 Å². The number of benzene rings is 3. The summed E-state index contributed by atoms with van der Waals surface area (Å²) >= 11 is 7.84. The minimum Gasteiger partial charge on any atom is -0.268 e. The Morgan fingerprint density at radius 1 is 0.929 bits per heavy atom. The molecule has 0 aromatic heterocycles. The average molecular weight is 409 g/mol. The largest absolute Gasteiger partial charge is 0.268 e. The van der Waals surface area contributed by atoms with Crippen molar-refractivity contribution in [1.29, 1.82) is 0 Å². The highest BCUT2D eigenvalue weighted by molar-refractivity contribution is 7.99. The van der Waals surface area contributed by atoms with Gasteiger partial charge in [0.05, 0.1) is 6.04 Å². The Balaban J connectivity index is 1.58. The minimum absolute atomic E-state index is 0.267. The maximum Gasteiger partial charge on any atom is 0.0521 e. The first kappa shape index (κ1) is 19.5. The first-order chi connectivity index (χ1) is 13.7. The topological polar surface area (TPSA) is 29.3 Å². The maximum atomic E-state index is 6.45. The average Bonchev–Trinajstić information content (AvgIpc) is 2.72. The molecule has 2 N–H and O–H groups in total. The molecule has 1 fully saturated rings. The molecule has 0 amide bonds. The van der Waals surface area contributed by atoms with Gasteiger partial charge in [-0.2, -0.15) is 0 Å². The summed E-state index contributed by atoms with van der Waals surface area (Å²) in [6.45, 7) is 0.956. The van der Waals surface area contributed by atoms with Crippen LogP contribution in [0.2, 0.25) is 5.02 Å². The van der Waals surface area contributed by atoms with E-state index in [0.29, 0.717) is 5.92 Å². The van der Waals surface area contributed by atoms with Crippen LogP contribution in [0.3, 0.4) is 0 Å². The molecule has 0 radical (unpaired) electrons. The van der Waals surface area contributed by atoms with Gasteiger partial charge in [-0.05, 0) is 66.6 Å². The van der Waals surface area contributed by atoms with Gasteiger partial charge in [0, 0.05) is 21.4 Å². The summed E-state index contributed by atoms with van der Waals surface area (Å²) in [5.74, 6) is 6.95. The molecule has 0 spiro atoms. The number of halogens is 1. The molecule has 1 aliphatic rings. The lowest BCUT2D eigenvalue weighted by molar-refractivity contribution is 0.0923.